The molecule has 2 fully saturated rings. The first-order chi connectivity index (χ1) is 16.0. The molecule has 168 valence electrons. The van der Waals surface area contributed by atoms with Crippen molar-refractivity contribution in [1.29, 1.82) is 0 Å². The Morgan fingerprint density at radius 2 is 1.82 bits per heavy atom. The summed E-state index contributed by atoms with van der Waals surface area (Å²) < 4.78 is 1.89. The number of imide groups is 1. The number of thioether (sulfide) groups is 1. The van der Waals surface area contributed by atoms with E-state index in [4.69, 9.17) is 11.6 Å². The molecule has 3 aromatic rings. The maximum atomic E-state index is 13.1. The lowest BCUT2D eigenvalue weighted by Crippen LogP contribution is -2.35. The number of para-hydroxylation sites is 2. The van der Waals surface area contributed by atoms with Crippen molar-refractivity contribution in [3.63, 3.8) is 0 Å². The molecule has 2 aliphatic rings. The van der Waals surface area contributed by atoms with Crippen LogP contribution in [0.15, 0.2) is 59.6 Å². The highest BCUT2D eigenvalue weighted by Crippen LogP contribution is 2.39. The topological polar surface area (TPSA) is 71.4 Å². The third kappa shape index (κ3) is 4.30. The minimum atomic E-state index is -0.408. The average Bonchev–Trinajstić information content (AvgIpc) is 3.49. The predicted molar refractivity (Wildman–Crippen MR) is 132 cm³/mol. The maximum absolute atomic E-state index is 13.1. The number of anilines is 1. The number of amides is 3. The molecule has 1 saturated carbocycles. The van der Waals surface area contributed by atoms with E-state index in [1.165, 1.54) is 0 Å². The molecule has 0 unspecified atom stereocenters. The smallest absolute Gasteiger partial charge is 0.298 e. The molecule has 0 radical (unpaired) electrons. The molecular weight excluding hydrogens is 458 g/mol. The standard InChI is InChI=1S/C25H22ClN3O3S/c26-19-10-4-6-12-21(19)29-24(31)22(33-25(29)32)13-16-14-28(20-11-5-3-9-18(16)20)15-23(30)27-17-7-1-2-8-17/h3-6,9-14,17H,1-2,7-8,15H2,(H,27,30)/b22-13-. The maximum Gasteiger partial charge on any atom is 0.298 e. The van der Waals surface area contributed by atoms with Crippen molar-refractivity contribution >= 4 is 63.1 Å². The van der Waals surface area contributed by atoms with Crippen molar-refractivity contribution in [3.05, 3.63) is 70.2 Å². The highest BCUT2D eigenvalue weighted by Gasteiger charge is 2.37. The first kappa shape index (κ1) is 21.8. The average molecular weight is 480 g/mol. The van der Waals surface area contributed by atoms with Crippen LogP contribution in [0.5, 0.6) is 0 Å². The highest BCUT2D eigenvalue weighted by atomic mass is 35.5. The minimum Gasteiger partial charge on any atom is -0.352 e. The Hall–Kier alpha value is -3.03. The summed E-state index contributed by atoms with van der Waals surface area (Å²) in [5.74, 6) is -0.429. The summed E-state index contributed by atoms with van der Waals surface area (Å²) in [6.45, 7) is 0.200. The van der Waals surface area contributed by atoms with Gasteiger partial charge in [0.25, 0.3) is 11.1 Å². The van der Waals surface area contributed by atoms with E-state index in [9.17, 15) is 14.4 Å². The van der Waals surface area contributed by atoms with Gasteiger partial charge in [-0.2, -0.15) is 0 Å². The van der Waals surface area contributed by atoms with Crippen molar-refractivity contribution in [1.82, 2.24) is 9.88 Å². The molecule has 0 bridgehead atoms. The third-order valence-electron chi connectivity index (χ3n) is 6.03. The summed E-state index contributed by atoms with van der Waals surface area (Å²) in [5, 5.41) is 3.98. The number of carbonyl (C=O) groups excluding carboxylic acids is 3. The van der Waals surface area contributed by atoms with Crippen LogP contribution in [0.3, 0.4) is 0 Å². The number of carbonyl (C=O) groups is 3. The van der Waals surface area contributed by atoms with Gasteiger partial charge in [0, 0.05) is 28.7 Å². The van der Waals surface area contributed by atoms with Crippen LogP contribution in [0.1, 0.15) is 31.2 Å². The Morgan fingerprint density at radius 1 is 1.09 bits per heavy atom. The van der Waals surface area contributed by atoms with Crippen LogP contribution in [0, 0.1) is 0 Å². The van der Waals surface area contributed by atoms with E-state index in [1.54, 1.807) is 30.3 Å². The summed E-state index contributed by atoms with van der Waals surface area (Å²) in [6.07, 6.45) is 7.96. The number of rotatable bonds is 5. The lowest BCUT2D eigenvalue weighted by molar-refractivity contribution is -0.122. The molecule has 2 aromatic carbocycles. The number of halogens is 1. The van der Waals surface area contributed by atoms with Crippen LogP contribution >= 0.6 is 23.4 Å². The molecule has 0 spiro atoms. The van der Waals surface area contributed by atoms with Gasteiger partial charge in [0.1, 0.15) is 6.54 Å². The molecule has 6 nitrogen and oxygen atoms in total. The van der Waals surface area contributed by atoms with Gasteiger partial charge in [0.2, 0.25) is 5.91 Å². The van der Waals surface area contributed by atoms with Gasteiger partial charge >= 0.3 is 0 Å². The number of nitrogens with one attached hydrogen (secondary N) is 1. The second kappa shape index (κ2) is 9.08. The van der Waals surface area contributed by atoms with E-state index in [2.05, 4.69) is 5.32 Å². The first-order valence-corrected chi connectivity index (χ1v) is 12.1. The van der Waals surface area contributed by atoms with Gasteiger partial charge in [-0.1, -0.05) is 54.8 Å². The Bertz CT molecular complexity index is 1290. The van der Waals surface area contributed by atoms with E-state index >= 15 is 0 Å². The largest absolute Gasteiger partial charge is 0.352 e. The molecule has 3 amide bonds. The van der Waals surface area contributed by atoms with Crippen LogP contribution < -0.4 is 10.2 Å². The first-order valence-electron chi connectivity index (χ1n) is 10.9. The fourth-order valence-corrected chi connectivity index (χ4v) is 5.51. The molecule has 5 rings (SSSR count). The lowest BCUT2D eigenvalue weighted by Gasteiger charge is -2.13. The molecular formula is C25H22ClN3O3S. The highest BCUT2D eigenvalue weighted by molar-refractivity contribution is 8.19. The predicted octanol–water partition coefficient (Wildman–Crippen LogP) is 5.59. The van der Waals surface area contributed by atoms with Gasteiger partial charge in [0.15, 0.2) is 0 Å². The molecule has 1 aromatic heterocycles. The molecule has 1 aliphatic carbocycles. The fourth-order valence-electron chi connectivity index (χ4n) is 4.47. The van der Waals surface area contributed by atoms with Crippen molar-refractivity contribution in [3.8, 4) is 0 Å². The minimum absolute atomic E-state index is 0.0201. The van der Waals surface area contributed by atoms with E-state index in [0.717, 1.165) is 58.8 Å². The van der Waals surface area contributed by atoms with Gasteiger partial charge in [-0.3, -0.25) is 14.4 Å². The number of aromatic nitrogens is 1. The van der Waals surface area contributed by atoms with E-state index < -0.39 is 5.91 Å². The molecule has 33 heavy (non-hydrogen) atoms. The summed E-state index contributed by atoms with van der Waals surface area (Å²) in [6, 6.07) is 14.8. The van der Waals surface area contributed by atoms with Crippen molar-refractivity contribution in [2.45, 2.75) is 38.3 Å². The monoisotopic (exact) mass is 479 g/mol. The molecule has 1 N–H and O–H groups in total. The number of benzene rings is 2. The fraction of sp³-hybridized carbons (Fsp3) is 0.240. The summed E-state index contributed by atoms with van der Waals surface area (Å²) in [4.78, 5) is 39.7. The second-order valence-corrected chi connectivity index (χ2v) is 9.65. The molecule has 8 heteroatoms. The molecule has 1 aliphatic heterocycles. The summed E-state index contributed by atoms with van der Waals surface area (Å²) >= 11 is 7.10. The van der Waals surface area contributed by atoms with Crippen LogP contribution in [0.25, 0.3) is 17.0 Å². The molecule has 2 heterocycles. The Kier molecular flexibility index (Phi) is 6.00. The van der Waals surface area contributed by atoms with E-state index in [0.29, 0.717) is 15.6 Å². The normalized spacial score (nSPS) is 18.1. The number of nitrogens with zero attached hydrogens (tertiary/aromatic N) is 2. The van der Waals surface area contributed by atoms with E-state index in [1.807, 2.05) is 35.0 Å². The zero-order chi connectivity index (χ0) is 22.9. The lowest BCUT2D eigenvalue weighted by atomic mass is 10.1. The summed E-state index contributed by atoms with van der Waals surface area (Å²) in [5.41, 5.74) is 2.05. The molecule has 1 saturated heterocycles. The number of fused-ring (bicyclic) bond motifs is 1. The molecule has 0 atom stereocenters. The van der Waals surface area contributed by atoms with E-state index in [-0.39, 0.29) is 23.7 Å². The summed E-state index contributed by atoms with van der Waals surface area (Å²) in [7, 11) is 0. The van der Waals surface area contributed by atoms with Crippen LogP contribution in [-0.4, -0.2) is 27.7 Å². The van der Waals surface area contributed by atoms with Gasteiger partial charge in [-0.15, -0.1) is 0 Å². The van der Waals surface area contributed by atoms with Crippen molar-refractivity contribution < 1.29 is 14.4 Å². The third-order valence-corrected chi connectivity index (χ3v) is 7.22. The SMILES string of the molecule is O=C(Cn1cc(/C=C2\SC(=O)N(c3ccccc3Cl)C2=O)c2ccccc21)NC1CCCC1. The number of hydrogen-bond acceptors (Lipinski definition) is 4. The van der Waals surface area contributed by atoms with Gasteiger partial charge in [0.05, 0.1) is 15.6 Å². The zero-order valence-electron chi connectivity index (χ0n) is 17.8. The zero-order valence-corrected chi connectivity index (χ0v) is 19.4. The second-order valence-electron chi connectivity index (χ2n) is 8.25. The van der Waals surface area contributed by atoms with Crippen LogP contribution in [0.2, 0.25) is 5.02 Å². The van der Waals surface area contributed by atoms with Crippen LogP contribution in [0.4, 0.5) is 10.5 Å². The van der Waals surface area contributed by atoms with Gasteiger partial charge < -0.3 is 9.88 Å². The number of hydrogen-bond donors (Lipinski definition) is 1. The quantitative estimate of drug-likeness (QED) is 0.484. The Balaban J connectivity index is 1.44. The van der Waals surface area contributed by atoms with Gasteiger partial charge in [-0.25, -0.2) is 4.90 Å². The van der Waals surface area contributed by atoms with Crippen molar-refractivity contribution in [2.24, 2.45) is 0 Å². The Morgan fingerprint density at radius 3 is 2.61 bits per heavy atom. The van der Waals surface area contributed by atoms with Crippen molar-refractivity contribution in [2.75, 3.05) is 4.90 Å². The van der Waals surface area contributed by atoms with Gasteiger partial charge in [-0.05, 0) is 48.9 Å². The van der Waals surface area contributed by atoms with Crippen LogP contribution in [-0.2, 0) is 16.1 Å². The Labute approximate surface area is 200 Å².